The van der Waals surface area contributed by atoms with Crippen molar-refractivity contribution in [2.75, 3.05) is 0 Å². The van der Waals surface area contributed by atoms with Crippen LogP contribution < -0.4 is 11.3 Å². The predicted molar refractivity (Wildman–Crippen MR) is 79.5 cm³/mol. The Bertz CT molecular complexity index is 557. The molecule has 2 aromatic carbocycles. The van der Waals surface area contributed by atoms with Crippen molar-refractivity contribution in [1.82, 2.24) is 5.43 Å². The van der Waals surface area contributed by atoms with E-state index < -0.39 is 0 Å². The van der Waals surface area contributed by atoms with Gasteiger partial charge in [0.05, 0.1) is 6.04 Å². The molecule has 3 N–H and O–H groups in total. The van der Waals surface area contributed by atoms with Gasteiger partial charge in [-0.2, -0.15) is 0 Å². The van der Waals surface area contributed by atoms with Gasteiger partial charge in [-0.05, 0) is 35.7 Å². The molecule has 0 aliphatic heterocycles. The molecule has 0 saturated heterocycles. The first-order chi connectivity index (χ1) is 8.63. The number of rotatable bonds is 3. The summed E-state index contributed by atoms with van der Waals surface area (Å²) in [5.74, 6) is 5.68. The molecule has 0 aliphatic carbocycles. The summed E-state index contributed by atoms with van der Waals surface area (Å²) in [7, 11) is 0. The van der Waals surface area contributed by atoms with E-state index in [-0.39, 0.29) is 6.04 Å². The zero-order valence-corrected chi connectivity index (χ0v) is 12.3. The highest BCUT2D eigenvalue weighted by molar-refractivity contribution is 9.10. The van der Waals surface area contributed by atoms with Crippen LogP contribution in [0.3, 0.4) is 0 Å². The molecule has 0 amide bonds. The first-order valence-electron chi connectivity index (χ1n) is 5.60. The lowest BCUT2D eigenvalue weighted by Gasteiger charge is -2.19. The molecule has 0 heterocycles. The quantitative estimate of drug-likeness (QED) is 0.662. The van der Waals surface area contributed by atoms with E-state index in [1.165, 1.54) is 0 Å². The van der Waals surface area contributed by atoms with Crippen LogP contribution in [0.25, 0.3) is 0 Å². The SMILES string of the molecule is Cc1ccc(C(NN)c2ccccc2Br)cc1Cl. The fraction of sp³-hybridized carbons (Fsp3) is 0.143. The number of hydrogen-bond donors (Lipinski definition) is 2. The number of aryl methyl sites for hydroxylation is 1. The van der Waals surface area contributed by atoms with Crippen LogP contribution in [-0.4, -0.2) is 0 Å². The van der Waals surface area contributed by atoms with Crippen LogP contribution in [0.4, 0.5) is 0 Å². The van der Waals surface area contributed by atoms with Crippen molar-refractivity contribution in [2.45, 2.75) is 13.0 Å². The van der Waals surface area contributed by atoms with Crippen molar-refractivity contribution < 1.29 is 0 Å². The van der Waals surface area contributed by atoms with Crippen molar-refractivity contribution >= 4 is 27.5 Å². The standard InChI is InChI=1S/C14H14BrClN2/c1-9-6-7-10(8-13(9)16)14(18-17)11-4-2-3-5-12(11)15/h2-8,14,18H,17H2,1H3. The van der Waals surface area contributed by atoms with E-state index in [1.807, 2.05) is 49.4 Å². The van der Waals surface area contributed by atoms with E-state index in [1.54, 1.807) is 0 Å². The van der Waals surface area contributed by atoms with Crippen molar-refractivity contribution in [1.29, 1.82) is 0 Å². The van der Waals surface area contributed by atoms with Crippen LogP contribution in [0.15, 0.2) is 46.9 Å². The van der Waals surface area contributed by atoms with Crippen molar-refractivity contribution in [3.63, 3.8) is 0 Å². The number of hydrogen-bond acceptors (Lipinski definition) is 2. The van der Waals surface area contributed by atoms with Gasteiger partial charge in [-0.25, -0.2) is 5.43 Å². The fourth-order valence-electron chi connectivity index (χ4n) is 1.86. The second kappa shape index (κ2) is 5.85. The Morgan fingerprint density at radius 1 is 1.22 bits per heavy atom. The topological polar surface area (TPSA) is 38.0 Å². The van der Waals surface area contributed by atoms with Gasteiger partial charge in [0.15, 0.2) is 0 Å². The molecule has 2 nitrogen and oxygen atoms in total. The number of nitrogens with one attached hydrogen (secondary N) is 1. The molecular weight excluding hydrogens is 312 g/mol. The van der Waals surface area contributed by atoms with Gasteiger partial charge in [0.1, 0.15) is 0 Å². The van der Waals surface area contributed by atoms with Gasteiger partial charge in [0, 0.05) is 9.50 Å². The monoisotopic (exact) mass is 324 g/mol. The second-order valence-corrected chi connectivity index (χ2v) is 5.39. The number of halogens is 2. The Hall–Kier alpha value is -0.870. The summed E-state index contributed by atoms with van der Waals surface area (Å²) in [6.07, 6.45) is 0. The van der Waals surface area contributed by atoms with E-state index >= 15 is 0 Å². The molecule has 0 aromatic heterocycles. The lowest BCUT2D eigenvalue weighted by molar-refractivity contribution is 0.634. The summed E-state index contributed by atoms with van der Waals surface area (Å²) in [4.78, 5) is 0. The number of benzene rings is 2. The minimum absolute atomic E-state index is 0.0846. The maximum absolute atomic E-state index is 6.16. The summed E-state index contributed by atoms with van der Waals surface area (Å²) in [5.41, 5.74) is 6.02. The fourth-order valence-corrected chi connectivity index (χ4v) is 2.57. The average molecular weight is 326 g/mol. The van der Waals surface area contributed by atoms with Gasteiger partial charge in [-0.1, -0.05) is 57.9 Å². The van der Waals surface area contributed by atoms with Gasteiger partial charge in [0.2, 0.25) is 0 Å². The number of nitrogens with two attached hydrogens (primary N) is 1. The molecule has 94 valence electrons. The molecule has 0 bridgehead atoms. The Morgan fingerprint density at radius 3 is 2.56 bits per heavy atom. The summed E-state index contributed by atoms with van der Waals surface area (Å²) in [6, 6.07) is 13.9. The largest absolute Gasteiger partial charge is 0.271 e. The molecule has 0 aliphatic rings. The van der Waals surface area contributed by atoms with E-state index in [2.05, 4.69) is 21.4 Å². The Kier molecular flexibility index (Phi) is 4.40. The minimum Gasteiger partial charge on any atom is -0.271 e. The summed E-state index contributed by atoms with van der Waals surface area (Å²) >= 11 is 9.70. The third-order valence-electron chi connectivity index (χ3n) is 2.91. The van der Waals surface area contributed by atoms with Crippen LogP contribution in [0.1, 0.15) is 22.7 Å². The third kappa shape index (κ3) is 2.75. The highest BCUT2D eigenvalue weighted by Gasteiger charge is 2.15. The van der Waals surface area contributed by atoms with E-state index in [9.17, 15) is 0 Å². The molecule has 2 rings (SSSR count). The number of hydrazine groups is 1. The molecule has 1 atom stereocenters. The molecule has 0 radical (unpaired) electrons. The van der Waals surface area contributed by atoms with Crippen LogP contribution in [0.2, 0.25) is 5.02 Å². The maximum atomic E-state index is 6.16. The molecule has 1 unspecified atom stereocenters. The lowest BCUT2D eigenvalue weighted by atomic mass is 9.98. The molecule has 18 heavy (non-hydrogen) atoms. The zero-order valence-electron chi connectivity index (χ0n) is 9.95. The van der Waals surface area contributed by atoms with Crippen molar-refractivity contribution in [2.24, 2.45) is 5.84 Å². The lowest BCUT2D eigenvalue weighted by Crippen LogP contribution is -2.29. The van der Waals surface area contributed by atoms with Crippen LogP contribution in [0, 0.1) is 6.92 Å². The summed E-state index contributed by atoms with van der Waals surface area (Å²) in [5, 5.41) is 0.750. The molecule has 4 heteroatoms. The minimum atomic E-state index is -0.0846. The maximum Gasteiger partial charge on any atom is 0.0721 e. The van der Waals surface area contributed by atoms with Gasteiger partial charge in [0.25, 0.3) is 0 Å². The highest BCUT2D eigenvalue weighted by Crippen LogP contribution is 2.30. The smallest absolute Gasteiger partial charge is 0.0721 e. The van der Waals surface area contributed by atoms with Gasteiger partial charge < -0.3 is 0 Å². The Labute approximate surface area is 120 Å². The van der Waals surface area contributed by atoms with Gasteiger partial charge in [-0.15, -0.1) is 0 Å². The van der Waals surface area contributed by atoms with Gasteiger partial charge >= 0.3 is 0 Å². The highest BCUT2D eigenvalue weighted by atomic mass is 79.9. The first kappa shape index (κ1) is 13.6. The molecule has 0 spiro atoms. The zero-order chi connectivity index (χ0) is 13.1. The van der Waals surface area contributed by atoms with Crippen LogP contribution in [-0.2, 0) is 0 Å². The van der Waals surface area contributed by atoms with E-state index in [4.69, 9.17) is 17.4 Å². The van der Waals surface area contributed by atoms with E-state index in [0.29, 0.717) is 0 Å². The van der Waals surface area contributed by atoms with Crippen molar-refractivity contribution in [3.05, 3.63) is 68.7 Å². The molecular formula is C14H14BrClN2. The average Bonchev–Trinajstić information content (AvgIpc) is 2.37. The van der Waals surface area contributed by atoms with Crippen molar-refractivity contribution in [3.8, 4) is 0 Å². The molecule has 0 fully saturated rings. The van der Waals surface area contributed by atoms with Crippen LogP contribution >= 0.6 is 27.5 Å². The normalized spacial score (nSPS) is 12.4. The second-order valence-electron chi connectivity index (χ2n) is 4.13. The first-order valence-corrected chi connectivity index (χ1v) is 6.77. The molecule has 2 aromatic rings. The predicted octanol–water partition coefficient (Wildman–Crippen LogP) is 3.96. The summed E-state index contributed by atoms with van der Waals surface area (Å²) in [6.45, 7) is 1.98. The molecule has 0 saturated carbocycles. The van der Waals surface area contributed by atoms with Gasteiger partial charge in [-0.3, -0.25) is 5.84 Å². The Balaban J connectivity index is 2.45. The van der Waals surface area contributed by atoms with Crippen LogP contribution in [0.5, 0.6) is 0 Å². The Morgan fingerprint density at radius 2 is 1.94 bits per heavy atom. The van der Waals surface area contributed by atoms with E-state index in [0.717, 1.165) is 26.2 Å². The summed E-state index contributed by atoms with van der Waals surface area (Å²) < 4.78 is 1.02. The third-order valence-corrected chi connectivity index (χ3v) is 4.04.